The second-order valence-electron chi connectivity index (χ2n) is 4.42. The van der Waals surface area contributed by atoms with E-state index in [9.17, 15) is 13.5 Å². The highest BCUT2D eigenvalue weighted by Gasteiger charge is 2.12. The zero-order valence-corrected chi connectivity index (χ0v) is 11.3. The summed E-state index contributed by atoms with van der Waals surface area (Å²) >= 11 is 0. The maximum atomic E-state index is 11.0. The molecule has 1 N–H and O–H groups in total. The van der Waals surface area contributed by atoms with Crippen LogP contribution in [0.2, 0.25) is 0 Å². The predicted octanol–water partition coefficient (Wildman–Crippen LogP) is 1.56. The summed E-state index contributed by atoms with van der Waals surface area (Å²) in [6.07, 6.45) is 1.48. The molecular weight excluding hydrogens is 238 g/mol. The van der Waals surface area contributed by atoms with E-state index >= 15 is 0 Å². The Bertz CT molecular complexity index is 483. The van der Waals surface area contributed by atoms with Gasteiger partial charge in [-0.05, 0) is 32.8 Å². The Morgan fingerprint density at radius 1 is 1.35 bits per heavy atom. The van der Waals surface area contributed by atoms with Gasteiger partial charge in [0.15, 0.2) is 0 Å². The first-order valence-corrected chi connectivity index (χ1v) is 7.65. The Balaban J connectivity index is 2.61. The zero-order valence-electron chi connectivity index (χ0n) is 10.5. The molecule has 0 spiro atoms. The number of pyridine rings is 1. The minimum atomic E-state index is -2.95. The minimum absolute atomic E-state index is 0.113. The lowest BCUT2D eigenvalue weighted by atomic mass is 10.0. The van der Waals surface area contributed by atoms with Crippen molar-refractivity contribution in [2.45, 2.75) is 32.8 Å². The van der Waals surface area contributed by atoms with E-state index in [1.807, 2.05) is 26.0 Å². The molecule has 1 rings (SSSR count). The van der Waals surface area contributed by atoms with Gasteiger partial charge in [0, 0.05) is 29.0 Å². The smallest absolute Gasteiger partial charge is 0.147 e. The number of nitrogens with zero attached hydrogens (tertiary/aromatic N) is 1. The van der Waals surface area contributed by atoms with Crippen LogP contribution in [0.15, 0.2) is 12.1 Å². The first-order valence-electron chi connectivity index (χ1n) is 5.59. The van der Waals surface area contributed by atoms with Crippen molar-refractivity contribution in [2.24, 2.45) is 0 Å². The van der Waals surface area contributed by atoms with Gasteiger partial charge in [-0.1, -0.05) is 6.07 Å². The van der Waals surface area contributed by atoms with Gasteiger partial charge in [-0.15, -0.1) is 0 Å². The van der Waals surface area contributed by atoms with E-state index in [0.717, 1.165) is 17.0 Å². The van der Waals surface area contributed by atoms with Crippen LogP contribution < -0.4 is 0 Å². The second kappa shape index (κ2) is 5.60. The van der Waals surface area contributed by atoms with Crippen molar-refractivity contribution in [2.75, 3.05) is 12.0 Å². The van der Waals surface area contributed by atoms with E-state index in [4.69, 9.17) is 0 Å². The van der Waals surface area contributed by atoms with Crippen LogP contribution in [0.25, 0.3) is 0 Å². The third-order valence-corrected chi connectivity index (χ3v) is 3.65. The SMILES string of the molecule is Cc1ccc(C(O)CCCS(C)(=O)=O)c(C)n1. The van der Waals surface area contributed by atoms with E-state index in [0.29, 0.717) is 12.8 Å². The molecule has 0 radical (unpaired) electrons. The van der Waals surface area contributed by atoms with Crippen LogP contribution in [0.1, 0.15) is 35.9 Å². The molecule has 1 aromatic rings. The average molecular weight is 257 g/mol. The van der Waals surface area contributed by atoms with Crippen LogP contribution in [0.5, 0.6) is 0 Å². The summed E-state index contributed by atoms with van der Waals surface area (Å²) < 4.78 is 21.9. The molecule has 5 heteroatoms. The van der Waals surface area contributed by atoms with Crippen molar-refractivity contribution < 1.29 is 13.5 Å². The van der Waals surface area contributed by atoms with Crippen LogP contribution in [0.4, 0.5) is 0 Å². The normalized spacial score (nSPS) is 13.6. The van der Waals surface area contributed by atoms with Crippen molar-refractivity contribution >= 4 is 9.84 Å². The van der Waals surface area contributed by atoms with Gasteiger partial charge < -0.3 is 5.11 Å². The summed E-state index contributed by atoms with van der Waals surface area (Å²) in [5.74, 6) is 0.113. The number of aliphatic hydroxyl groups excluding tert-OH is 1. The average Bonchev–Trinajstić information content (AvgIpc) is 2.15. The molecule has 0 fully saturated rings. The molecule has 17 heavy (non-hydrogen) atoms. The fraction of sp³-hybridized carbons (Fsp3) is 0.583. The second-order valence-corrected chi connectivity index (χ2v) is 6.67. The lowest BCUT2D eigenvalue weighted by Gasteiger charge is -2.13. The van der Waals surface area contributed by atoms with Gasteiger partial charge in [0.05, 0.1) is 6.10 Å². The number of aryl methyl sites for hydroxylation is 2. The van der Waals surface area contributed by atoms with Crippen molar-refractivity contribution in [3.63, 3.8) is 0 Å². The van der Waals surface area contributed by atoms with Gasteiger partial charge >= 0.3 is 0 Å². The summed E-state index contributed by atoms with van der Waals surface area (Å²) in [5, 5.41) is 9.95. The predicted molar refractivity (Wildman–Crippen MR) is 67.6 cm³/mol. The molecule has 0 amide bonds. The first kappa shape index (κ1) is 14.1. The number of hydrogen-bond donors (Lipinski definition) is 1. The molecule has 0 aliphatic heterocycles. The monoisotopic (exact) mass is 257 g/mol. The summed E-state index contributed by atoms with van der Waals surface area (Å²) in [6, 6.07) is 3.70. The summed E-state index contributed by atoms with van der Waals surface area (Å²) in [4.78, 5) is 4.27. The molecule has 0 saturated heterocycles. The fourth-order valence-electron chi connectivity index (χ4n) is 1.74. The Kier molecular flexibility index (Phi) is 4.65. The molecule has 1 aromatic heterocycles. The van der Waals surface area contributed by atoms with E-state index in [-0.39, 0.29) is 5.75 Å². The van der Waals surface area contributed by atoms with Crippen molar-refractivity contribution in [1.29, 1.82) is 0 Å². The largest absolute Gasteiger partial charge is 0.388 e. The van der Waals surface area contributed by atoms with E-state index in [1.54, 1.807) is 0 Å². The zero-order chi connectivity index (χ0) is 13.1. The highest BCUT2D eigenvalue weighted by atomic mass is 32.2. The Labute approximate surface area is 103 Å². The van der Waals surface area contributed by atoms with Crippen molar-refractivity contribution in [3.05, 3.63) is 29.1 Å². The van der Waals surface area contributed by atoms with E-state index in [2.05, 4.69) is 4.98 Å². The topological polar surface area (TPSA) is 67.3 Å². The highest BCUT2D eigenvalue weighted by Crippen LogP contribution is 2.21. The lowest BCUT2D eigenvalue weighted by Crippen LogP contribution is -2.07. The number of hydrogen-bond acceptors (Lipinski definition) is 4. The third kappa shape index (κ3) is 4.83. The highest BCUT2D eigenvalue weighted by molar-refractivity contribution is 7.90. The number of aromatic nitrogens is 1. The first-order chi connectivity index (χ1) is 7.79. The fourth-order valence-corrected chi connectivity index (χ4v) is 2.43. The van der Waals surface area contributed by atoms with Crippen molar-refractivity contribution in [3.8, 4) is 0 Å². The van der Waals surface area contributed by atoms with Gasteiger partial charge in [0.2, 0.25) is 0 Å². The van der Waals surface area contributed by atoms with Crippen LogP contribution in [-0.4, -0.2) is 30.5 Å². The molecule has 0 bridgehead atoms. The molecular formula is C12H19NO3S. The molecule has 96 valence electrons. The molecule has 1 atom stereocenters. The maximum absolute atomic E-state index is 11.0. The van der Waals surface area contributed by atoms with Crippen molar-refractivity contribution in [1.82, 2.24) is 4.98 Å². The maximum Gasteiger partial charge on any atom is 0.147 e. The standard InChI is InChI=1S/C12H19NO3S/c1-9-6-7-11(10(2)13-9)12(14)5-4-8-17(3,15)16/h6-7,12,14H,4-5,8H2,1-3H3. The molecule has 0 aliphatic rings. The van der Waals surface area contributed by atoms with Gasteiger partial charge in [-0.3, -0.25) is 4.98 Å². The van der Waals surface area contributed by atoms with Crippen LogP contribution in [-0.2, 0) is 9.84 Å². The number of aliphatic hydroxyl groups is 1. The minimum Gasteiger partial charge on any atom is -0.388 e. The molecule has 0 saturated carbocycles. The molecule has 0 aromatic carbocycles. The van der Waals surface area contributed by atoms with Gasteiger partial charge in [-0.25, -0.2) is 8.42 Å². The van der Waals surface area contributed by atoms with E-state index in [1.165, 1.54) is 6.26 Å². The third-order valence-electron chi connectivity index (χ3n) is 2.62. The van der Waals surface area contributed by atoms with Gasteiger partial charge in [-0.2, -0.15) is 0 Å². The lowest BCUT2D eigenvalue weighted by molar-refractivity contribution is 0.165. The van der Waals surface area contributed by atoms with Crippen LogP contribution >= 0.6 is 0 Å². The van der Waals surface area contributed by atoms with Gasteiger partial charge in [0.1, 0.15) is 9.84 Å². The quantitative estimate of drug-likeness (QED) is 0.869. The van der Waals surface area contributed by atoms with Gasteiger partial charge in [0.25, 0.3) is 0 Å². The summed E-state index contributed by atoms with van der Waals surface area (Å²) in [7, 11) is -2.95. The molecule has 1 heterocycles. The van der Waals surface area contributed by atoms with E-state index < -0.39 is 15.9 Å². The summed E-state index contributed by atoms with van der Waals surface area (Å²) in [6.45, 7) is 3.74. The Morgan fingerprint density at radius 3 is 2.53 bits per heavy atom. The van der Waals surface area contributed by atoms with Crippen LogP contribution in [0.3, 0.4) is 0 Å². The number of sulfone groups is 1. The molecule has 0 aliphatic carbocycles. The Hall–Kier alpha value is -0.940. The summed E-state index contributed by atoms with van der Waals surface area (Å²) in [5.41, 5.74) is 2.50. The van der Waals surface area contributed by atoms with Crippen LogP contribution in [0, 0.1) is 13.8 Å². The Morgan fingerprint density at radius 2 is 2.00 bits per heavy atom. The number of rotatable bonds is 5. The molecule has 1 unspecified atom stereocenters. The molecule has 4 nitrogen and oxygen atoms in total.